The summed E-state index contributed by atoms with van der Waals surface area (Å²) in [5.41, 5.74) is 0. The van der Waals surface area contributed by atoms with Crippen molar-refractivity contribution in [2.24, 2.45) is 0 Å². The molecule has 0 radical (unpaired) electrons. The number of carbonyl (C=O) groups is 1. The third kappa shape index (κ3) is 3.83. The van der Waals surface area contributed by atoms with Crippen molar-refractivity contribution in [2.75, 3.05) is 5.75 Å². The standard InChI is InChI=1S/C10H11ClO4S/c11-8(6-10(12)13)7-16(14,15)9-4-2-1-3-5-9/h1-5,8H,6-7H2,(H,12,13). The van der Waals surface area contributed by atoms with Gasteiger partial charge in [0.2, 0.25) is 0 Å². The van der Waals surface area contributed by atoms with Gasteiger partial charge in [0.25, 0.3) is 0 Å². The first kappa shape index (κ1) is 13.0. The zero-order valence-corrected chi connectivity index (χ0v) is 9.91. The van der Waals surface area contributed by atoms with Gasteiger partial charge in [-0.15, -0.1) is 11.6 Å². The summed E-state index contributed by atoms with van der Waals surface area (Å²) in [7, 11) is -3.50. The normalized spacial score (nSPS) is 13.3. The lowest BCUT2D eigenvalue weighted by Gasteiger charge is -2.07. The Hall–Kier alpha value is -1.07. The van der Waals surface area contributed by atoms with Crippen molar-refractivity contribution in [3.8, 4) is 0 Å². The average Bonchev–Trinajstić information content (AvgIpc) is 2.16. The fraction of sp³-hybridized carbons (Fsp3) is 0.300. The molecule has 88 valence electrons. The van der Waals surface area contributed by atoms with E-state index < -0.39 is 21.2 Å². The Morgan fingerprint density at radius 3 is 2.38 bits per heavy atom. The lowest BCUT2D eigenvalue weighted by atomic mass is 10.3. The largest absolute Gasteiger partial charge is 0.481 e. The SMILES string of the molecule is O=C(O)CC(Cl)CS(=O)(=O)c1ccccc1. The van der Waals surface area contributed by atoms with Gasteiger partial charge in [0.15, 0.2) is 9.84 Å². The molecule has 0 saturated heterocycles. The third-order valence-corrected chi connectivity index (χ3v) is 4.22. The first-order chi connectivity index (χ1) is 7.42. The molecule has 6 heteroatoms. The highest BCUT2D eigenvalue weighted by atomic mass is 35.5. The van der Waals surface area contributed by atoms with E-state index in [9.17, 15) is 13.2 Å². The molecule has 1 aromatic carbocycles. The maximum absolute atomic E-state index is 11.7. The predicted octanol–water partition coefficient (Wildman–Crippen LogP) is 1.54. The highest BCUT2D eigenvalue weighted by Crippen LogP contribution is 2.15. The summed E-state index contributed by atoms with van der Waals surface area (Å²) in [6, 6.07) is 7.83. The summed E-state index contributed by atoms with van der Waals surface area (Å²) in [6.07, 6.45) is -0.367. The minimum absolute atomic E-state index is 0.158. The van der Waals surface area contributed by atoms with E-state index in [-0.39, 0.29) is 17.1 Å². The van der Waals surface area contributed by atoms with E-state index in [0.29, 0.717) is 0 Å². The number of carboxylic acids is 1. The van der Waals surface area contributed by atoms with Crippen LogP contribution in [0.5, 0.6) is 0 Å². The Bertz CT molecular complexity index is 455. The molecule has 0 aliphatic rings. The van der Waals surface area contributed by atoms with Crippen LogP contribution in [0.25, 0.3) is 0 Å². The van der Waals surface area contributed by atoms with E-state index in [4.69, 9.17) is 16.7 Å². The van der Waals surface area contributed by atoms with Crippen LogP contribution < -0.4 is 0 Å². The molecule has 1 rings (SSSR count). The fourth-order valence-electron chi connectivity index (χ4n) is 1.21. The average molecular weight is 263 g/mol. The molecule has 0 aliphatic heterocycles. The molecule has 0 spiro atoms. The van der Waals surface area contributed by atoms with Crippen LogP contribution in [0, 0.1) is 0 Å². The molecular weight excluding hydrogens is 252 g/mol. The van der Waals surface area contributed by atoms with Crippen molar-refractivity contribution in [2.45, 2.75) is 16.7 Å². The summed E-state index contributed by atoms with van der Waals surface area (Å²) in [5.74, 6) is -1.48. The second-order valence-electron chi connectivity index (χ2n) is 3.29. The Labute approximate surface area is 98.8 Å². The first-order valence-electron chi connectivity index (χ1n) is 4.55. The molecular formula is C10H11ClO4S. The lowest BCUT2D eigenvalue weighted by Crippen LogP contribution is -2.19. The van der Waals surface area contributed by atoms with Crippen LogP contribution in [-0.2, 0) is 14.6 Å². The van der Waals surface area contributed by atoms with Crippen LogP contribution in [0.15, 0.2) is 35.2 Å². The number of alkyl halides is 1. The van der Waals surface area contributed by atoms with Gasteiger partial charge in [0, 0.05) is 0 Å². The second kappa shape index (κ2) is 5.32. The molecule has 1 N–H and O–H groups in total. The summed E-state index contributed by atoms with van der Waals surface area (Å²) in [6.45, 7) is 0. The summed E-state index contributed by atoms with van der Waals surface area (Å²) in [5, 5.41) is 7.56. The van der Waals surface area contributed by atoms with Gasteiger partial charge in [-0.3, -0.25) is 4.79 Å². The third-order valence-electron chi connectivity index (χ3n) is 1.90. The van der Waals surface area contributed by atoms with E-state index in [1.807, 2.05) is 0 Å². The fourth-order valence-corrected chi connectivity index (χ4v) is 3.20. The van der Waals surface area contributed by atoms with Crippen LogP contribution in [0.3, 0.4) is 0 Å². The summed E-state index contributed by atoms with van der Waals surface area (Å²) in [4.78, 5) is 10.5. The molecule has 1 aromatic rings. The molecule has 0 saturated carbocycles. The lowest BCUT2D eigenvalue weighted by molar-refractivity contribution is -0.136. The molecule has 0 amide bonds. The Morgan fingerprint density at radius 2 is 1.88 bits per heavy atom. The molecule has 0 heterocycles. The molecule has 0 fully saturated rings. The minimum atomic E-state index is -3.50. The minimum Gasteiger partial charge on any atom is -0.481 e. The van der Waals surface area contributed by atoms with Crippen molar-refractivity contribution >= 4 is 27.4 Å². The van der Waals surface area contributed by atoms with E-state index in [2.05, 4.69) is 0 Å². The predicted molar refractivity (Wildman–Crippen MR) is 60.4 cm³/mol. The Balaban J connectivity index is 2.77. The number of halogens is 1. The number of sulfone groups is 1. The quantitative estimate of drug-likeness (QED) is 0.817. The number of aliphatic carboxylic acids is 1. The van der Waals surface area contributed by atoms with Gasteiger partial charge in [-0.1, -0.05) is 18.2 Å². The molecule has 1 atom stereocenters. The molecule has 0 aromatic heterocycles. The van der Waals surface area contributed by atoms with Crippen LogP contribution in [0.2, 0.25) is 0 Å². The molecule has 4 nitrogen and oxygen atoms in total. The van der Waals surface area contributed by atoms with Gasteiger partial charge in [0.1, 0.15) is 0 Å². The van der Waals surface area contributed by atoms with E-state index in [0.717, 1.165) is 0 Å². The van der Waals surface area contributed by atoms with Crippen LogP contribution in [0.4, 0.5) is 0 Å². The van der Waals surface area contributed by atoms with E-state index in [1.54, 1.807) is 18.2 Å². The van der Waals surface area contributed by atoms with Gasteiger partial charge >= 0.3 is 5.97 Å². The number of hydrogen-bond acceptors (Lipinski definition) is 3. The number of benzene rings is 1. The zero-order valence-electron chi connectivity index (χ0n) is 8.34. The molecule has 16 heavy (non-hydrogen) atoms. The van der Waals surface area contributed by atoms with Gasteiger partial charge < -0.3 is 5.11 Å². The Morgan fingerprint density at radius 1 is 1.31 bits per heavy atom. The van der Waals surface area contributed by atoms with Crippen molar-refractivity contribution < 1.29 is 18.3 Å². The highest BCUT2D eigenvalue weighted by Gasteiger charge is 2.21. The summed E-state index contributed by atoms with van der Waals surface area (Å²) >= 11 is 5.65. The van der Waals surface area contributed by atoms with Crippen molar-refractivity contribution in [3.63, 3.8) is 0 Å². The van der Waals surface area contributed by atoms with Crippen LogP contribution >= 0.6 is 11.6 Å². The maximum Gasteiger partial charge on any atom is 0.304 e. The first-order valence-corrected chi connectivity index (χ1v) is 6.64. The van der Waals surface area contributed by atoms with Gasteiger partial charge in [-0.05, 0) is 12.1 Å². The van der Waals surface area contributed by atoms with E-state index in [1.165, 1.54) is 12.1 Å². The van der Waals surface area contributed by atoms with Crippen molar-refractivity contribution in [1.29, 1.82) is 0 Å². The Kier molecular flexibility index (Phi) is 4.32. The van der Waals surface area contributed by atoms with Crippen molar-refractivity contribution in [1.82, 2.24) is 0 Å². The van der Waals surface area contributed by atoms with Gasteiger partial charge in [-0.2, -0.15) is 0 Å². The number of hydrogen-bond donors (Lipinski definition) is 1. The van der Waals surface area contributed by atoms with E-state index >= 15 is 0 Å². The molecule has 0 bridgehead atoms. The van der Waals surface area contributed by atoms with Crippen LogP contribution in [-0.4, -0.2) is 30.6 Å². The topological polar surface area (TPSA) is 71.4 Å². The van der Waals surface area contributed by atoms with Gasteiger partial charge in [0.05, 0.1) is 22.4 Å². The molecule has 1 unspecified atom stereocenters. The number of carboxylic acid groups (broad SMARTS) is 1. The van der Waals surface area contributed by atoms with Crippen LogP contribution in [0.1, 0.15) is 6.42 Å². The zero-order chi connectivity index (χ0) is 12.2. The molecule has 0 aliphatic carbocycles. The van der Waals surface area contributed by atoms with Gasteiger partial charge in [-0.25, -0.2) is 8.42 Å². The monoisotopic (exact) mass is 262 g/mol. The van der Waals surface area contributed by atoms with Crippen molar-refractivity contribution in [3.05, 3.63) is 30.3 Å². The number of rotatable bonds is 5. The smallest absolute Gasteiger partial charge is 0.304 e. The summed E-state index contributed by atoms with van der Waals surface area (Å²) < 4.78 is 23.5. The highest BCUT2D eigenvalue weighted by molar-refractivity contribution is 7.91. The maximum atomic E-state index is 11.7. The second-order valence-corrected chi connectivity index (χ2v) is 5.94.